The van der Waals surface area contributed by atoms with E-state index in [9.17, 15) is 9.59 Å². The molecule has 12 heteroatoms. The number of carbonyl (C=O) groups excluding carboxylic acids is 1. The lowest BCUT2D eigenvalue weighted by Crippen LogP contribution is -2.40. The average Bonchev–Trinajstić information content (AvgIpc) is 3.70. The zero-order valence-corrected chi connectivity index (χ0v) is 26.6. The predicted octanol–water partition coefficient (Wildman–Crippen LogP) is 3.13. The number of nitrogens with zero attached hydrogens (tertiary/aromatic N) is 7. The highest BCUT2D eigenvalue weighted by Gasteiger charge is 2.24. The molecule has 5 heterocycles. The number of nitrogens with one attached hydrogen (secondary N) is 1. The molecule has 12 nitrogen and oxygen atoms in total. The van der Waals surface area contributed by atoms with E-state index in [0.717, 1.165) is 44.6 Å². The smallest absolute Gasteiger partial charge is 0.264 e. The number of hydrogen-bond donors (Lipinski definition) is 3. The monoisotopic (exact) mass is 640 g/mol. The fourth-order valence-corrected chi connectivity index (χ4v) is 6.22. The lowest BCUT2D eigenvalue weighted by atomic mass is 10.0. The van der Waals surface area contributed by atoms with Crippen LogP contribution in [0.5, 0.6) is 0 Å². The summed E-state index contributed by atoms with van der Waals surface area (Å²) >= 11 is 0. The summed E-state index contributed by atoms with van der Waals surface area (Å²) in [5, 5.41) is 12.9. The Kier molecular flexibility index (Phi) is 8.46. The van der Waals surface area contributed by atoms with Crippen molar-refractivity contribution in [3.63, 3.8) is 0 Å². The van der Waals surface area contributed by atoms with Crippen molar-refractivity contribution in [1.82, 2.24) is 39.2 Å². The molecule has 0 radical (unpaired) electrons. The number of likely N-dealkylation sites (tertiary alicyclic amines) is 1. The van der Waals surface area contributed by atoms with Crippen molar-refractivity contribution in [2.45, 2.75) is 38.4 Å². The summed E-state index contributed by atoms with van der Waals surface area (Å²) in [6.07, 6.45) is 8.99. The van der Waals surface area contributed by atoms with Crippen LogP contribution in [-0.4, -0.2) is 65.4 Å². The minimum Gasteiger partial charge on any atom is -0.381 e. The van der Waals surface area contributed by atoms with Crippen molar-refractivity contribution in [3.05, 3.63) is 118 Å². The van der Waals surface area contributed by atoms with Crippen LogP contribution in [0.15, 0.2) is 90.2 Å². The van der Waals surface area contributed by atoms with E-state index in [0.29, 0.717) is 39.4 Å². The molecular weight excluding hydrogens is 604 g/mol. The Morgan fingerprint density at radius 2 is 1.88 bits per heavy atom. The van der Waals surface area contributed by atoms with Gasteiger partial charge in [0.25, 0.3) is 11.5 Å². The number of aromatic nitrogens is 6. The van der Waals surface area contributed by atoms with Gasteiger partial charge >= 0.3 is 0 Å². The maximum Gasteiger partial charge on any atom is 0.264 e. The Morgan fingerprint density at radius 3 is 2.69 bits per heavy atom. The molecule has 242 valence electrons. The van der Waals surface area contributed by atoms with Gasteiger partial charge in [0.1, 0.15) is 5.56 Å². The Morgan fingerprint density at radius 1 is 1.06 bits per heavy atom. The molecule has 1 amide bonds. The summed E-state index contributed by atoms with van der Waals surface area (Å²) in [7, 11) is 0. The largest absolute Gasteiger partial charge is 0.381 e. The second-order valence-corrected chi connectivity index (χ2v) is 12.1. The number of nitrogens with two attached hydrogens (primary N) is 2. The minimum atomic E-state index is -0.588. The lowest BCUT2D eigenvalue weighted by Gasteiger charge is -2.29. The van der Waals surface area contributed by atoms with Gasteiger partial charge in [-0.15, -0.1) is 5.10 Å². The molecule has 7 rings (SSSR count). The van der Waals surface area contributed by atoms with Gasteiger partial charge in [-0.3, -0.25) is 18.8 Å². The molecule has 0 unspecified atom stereocenters. The highest BCUT2D eigenvalue weighted by molar-refractivity contribution is 6.04. The molecule has 4 aromatic heterocycles. The van der Waals surface area contributed by atoms with E-state index in [2.05, 4.69) is 37.2 Å². The minimum absolute atomic E-state index is 0.0679. The number of piperidine rings is 1. The van der Waals surface area contributed by atoms with Gasteiger partial charge in [0.2, 0.25) is 0 Å². The third-order valence-electron chi connectivity index (χ3n) is 8.78. The third-order valence-corrected chi connectivity index (χ3v) is 8.78. The molecule has 1 aliphatic heterocycles. The number of carbonyl (C=O) groups is 1. The number of nitrogen functional groups attached to an aromatic ring is 1. The van der Waals surface area contributed by atoms with Crippen LogP contribution < -0.4 is 22.3 Å². The summed E-state index contributed by atoms with van der Waals surface area (Å²) in [4.78, 5) is 34.6. The van der Waals surface area contributed by atoms with E-state index in [1.165, 1.54) is 4.52 Å². The quantitative estimate of drug-likeness (QED) is 0.225. The van der Waals surface area contributed by atoms with E-state index in [1.807, 2.05) is 72.4 Å². The highest BCUT2D eigenvalue weighted by Crippen LogP contribution is 2.24. The highest BCUT2D eigenvalue weighted by atomic mass is 16.2. The Balaban J connectivity index is 1.20. The molecule has 1 fully saturated rings. The van der Waals surface area contributed by atoms with Crippen LogP contribution in [0.2, 0.25) is 0 Å². The molecular formula is C36H36N10O2. The van der Waals surface area contributed by atoms with E-state index in [-0.39, 0.29) is 16.9 Å². The number of hydrogen-bond acceptors (Lipinski definition) is 8. The van der Waals surface area contributed by atoms with E-state index >= 15 is 0 Å². The van der Waals surface area contributed by atoms with E-state index in [4.69, 9.17) is 11.5 Å². The summed E-state index contributed by atoms with van der Waals surface area (Å²) in [6, 6.07) is 18.3. The normalized spacial score (nSPS) is 14.5. The zero-order valence-electron chi connectivity index (χ0n) is 26.6. The first kappa shape index (κ1) is 30.9. The van der Waals surface area contributed by atoms with Crippen LogP contribution in [-0.2, 0) is 6.54 Å². The molecule has 48 heavy (non-hydrogen) atoms. The van der Waals surface area contributed by atoms with Crippen molar-refractivity contribution in [3.8, 4) is 17.5 Å². The predicted molar refractivity (Wildman–Crippen MR) is 185 cm³/mol. The van der Waals surface area contributed by atoms with Gasteiger partial charge < -0.3 is 21.7 Å². The molecule has 5 N–H and O–H groups in total. The molecule has 1 saturated heterocycles. The number of anilines is 1. The van der Waals surface area contributed by atoms with E-state index in [1.54, 1.807) is 29.2 Å². The molecule has 0 aliphatic carbocycles. The summed E-state index contributed by atoms with van der Waals surface area (Å²) in [6.45, 7) is 5.53. The number of pyridine rings is 1. The first-order valence-electron chi connectivity index (χ1n) is 16.0. The van der Waals surface area contributed by atoms with Crippen molar-refractivity contribution < 1.29 is 4.79 Å². The lowest BCUT2D eigenvalue weighted by molar-refractivity contribution is 0.0941. The van der Waals surface area contributed by atoms with Crippen molar-refractivity contribution in [2.24, 2.45) is 5.73 Å². The molecule has 1 aliphatic rings. The van der Waals surface area contributed by atoms with Crippen LogP contribution in [0.1, 0.15) is 53.0 Å². The Hall–Kier alpha value is -5.77. The fourth-order valence-electron chi connectivity index (χ4n) is 6.22. The van der Waals surface area contributed by atoms with Crippen LogP contribution in [0, 0.1) is 11.8 Å². The SMILES string of the molecule is C[C@H](NC(=O)c1c(N)nn2cccnc12)c1cc2cccc(C#Cc3cnn(CCN4CCC(N)CC4)c3)c2c(=O)n1-c1ccccc1. The van der Waals surface area contributed by atoms with E-state index < -0.39 is 11.9 Å². The molecule has 1 atom stereocenters. The van der Waals surface area contributed by atoms with Crippen LogP contribution >= 0.6 is 0 Å². The summed E-state index contributed by atoms with van der Waals surface area (Å²) in [5.74, 6) is 6.06. The maximum atomic E-state index is 14.4. The van der Waals surface area contributed by atoms with Crippen molar-refractivity contribution in [1.29, 1.82) is 0 Å². The van der Waals surface area contributed by atoms with Crippen LogP contribution in [0.25, 0.3) is 22.1 Å². The second kappa shape index (κ2) is 13.2. The maximum absolute atomic E-state index is 14.4. The Labute approximate surface area is 277 Å². The molecule has 0 saturated carbocycles. The number of rotatable bonds is 7. The van der Waals surface area contributed by atoms with Gasteiger partial charge in [-0.1, -0.05) is 42.2 Å². The molecule has 0 bridgehead atoms. The summed E-state index contributed by atoms with van der Waals surface area (Å²) in [5.41, 5.74) is 15.1. The van der Waals surface area contributed by atoms with Gasteiger partial charge in [0.15, 0.2) is 11.5 Å². The topological polar surface area (TPSA) is 154 Å². The Bertz CT molecular complexity index is 2230. The van der Waals surface area contributed by atoms with Gasteiger partial charge in [0, 0.05) is 48.1 Å². The van der Waals surface area contributed by atoms with Gasteiger partial charge in [-0.2, -0.15) is 5.10 Å². The third kappa shape index (κ3) is 6.16. The summed E-state index contributed by atoms with van der Waals surface area (Å²) < 4.78 is 4.99. The number of fused-ring (bicyclic) bond motifs is 2. The van der Waals surface area contributed by atoms with Gasteiger partial charge in [-0.25, -0.2) is 9.50 Å². The van der Waals surface area contributed by atoms with Crippen LogP contribution in [0.3, 0.4) is 0 Å². The molecule has 0 spiro atoms. The van der Waals surface area contributed by atoms with Crippen molar-refractivity contribution >= 4 is 28.1 Å². The van der Waals surface area contributed by atoms with Crippen molar-refractivity contribution in [2.75, 3.05) is 25.4 Å². The van der Waals surface area contributed by atoms with Gasteiger partial charge in [-0.05, 0) is 68.6 Å². The number of amides is 1. The average molecular weight is 641 g/mol. The van der Waals surface area contributed by atoms with Crippen LogP contribution in [0.4, 0.5) is 5.82 Å². The first-order valence-corrected chi connectivity index (χ1v) is 16.0. The molecule has 6 aromatic rings. The zero-order chi connectivity index (χ0) is 33.2. The molecule has 2 aromatic carbocycles. The first-order chi connectivity index (χ1) is 23.4. The number of benzene rings is 2. The number of para-hydroxylation sites is 1. The fraction of sp³-hybridized carbons (Fsp3) is 0.250. The second-order valence-electron chi connectivity index (χ2n) is 12.1. The standard InChI is InChI=1S/C36H36N10O2/c1-24(41-35(47)32-33(38)42-45-16-6-15-39-34(32)45)30-21-27-8-5-7-26(31(27)36(48)46(30)29-9-3-2-4-10-29)12-11-25-22-40-44(23-25)20-19-43-17-13-28(37)14-18-43/h2-10,15-16,21-24,28H,13-14,17-20,37H2,1H3,(H2,38,42)(H,41,47)/t24-/m0/s1. The van der Waals surface area contributed by atoms with Gasteiger partial charge in [0.05, 0.1) is 29.7 Å².